The SMILES string of the molecule is Oc1c(Br)cc(F)c(F)c1O. The fourth-order valence-electron chi connectivity index (χ4n) is 0.573. The van der Waals surface area contributed by atoms with Gasteiger partial charge in [-0.05, 0) is 22.0 Å². The maximum absolute atomic E-state index is 12.4. The fourth-order valence-corrected chi connectivity index (χ4v) is 0.962. The summed E-state index contributed by atoms with van der Waals surface area (Å²) in [4.78, 5) is 0. The molecule has 0 atom stereocenters. The summed E-state index contributed by atoms with van der Waals surface area (Å²) in [5, 5.41) is 17.5. The van der Waals surface area contributed by atoms with Crippen LogP contribution in [-0.2, 0) is 0 Å². The molecule has 0 amide bonds. The standard InChI is InChI=1S/C6H3BrF2O2/c7-2-1-3(8)4(9)6(11)5(2)10/h1,10-11H. The number of hydrogen-bond donors (Lipinski definition) is 2. The smallest absolute Gasteiger partial charge is 0.204 e. The molecule has 0 aliphatic rings. The quantitative estimate of drug-likeness (QED) is 0.524. The molecule has 11 heavy (non-hydrogen) atoms. The lowest BCUT2D eigenvalue weighted by atomic mass is 10.3. The molecule has 0 saturated carbocycles. The highest BCUT2D eigenvalue weighted by Gasteiger charge is 2.15. The third-order valence-electron chi connectivity index (χ3n) is 1.12. The number of aromatic hydroxyl groups is 2. The number of rotatable bonds is 0. The molecule has 0 spiro atoms. The number of phenolic OH excluding ortho intramolecular Hbond substituents is 2. The molecule has 0 fully saturated rings. The van der Waals surface area contributed by atoms with Gasteiger partial charge in [-0.3, -0.25) is 0 Å². The molecule has 1 rings (SSSR count). The number of hydrogen-bond acceptors (Lipinski definition) is 2. The van der Waals surface area contributed by atoms with Crippen LogP contribution in [0.15, 0.2) is 10.5 Å². The molecule has 0 heterocycles. The van der Waals surface area contributed by atoms with Gasteiger partial charge in [0, 0.05) is 0 Å². The highest BCUT2D eigenvalue weighted by molar-refractivity contribution is 9.10. The van der Waals surface area contributed by atoms with Gasteiger partial charge in [0.25, 0.3) is 0 Å². The molecule has 0 bridgehead atoms. The Balaban J connectivity index is 3.46. The van der Waals surface area contributed by atoms with Gasteiger partial charge in [0.1, 0.15) is 0 Å². The molecular weight excluding hydrogens is 222 g/mol. The van der Waals surface area contributed by atoms with E-state index in [1.807, 2.05) is 0 Å². The largest absolute Gasteiger partial charge is 0.503 e. The van der Waals surface area contributed by atoms with E-state index in [9.17, 15) is 8.78 Å². The van der Waals surface area contributed by atoms with Gasteiger partial charge in [0.2, 0.25) is 5.82 Å². The molecule has 1 aromatic carbocycles. The van der Waals surface area contributed by atoms with Crippen molar-refractivity contribution in [1.29, 1.82) is 0 Å². The molecule has 2 nitrogen and oxygen atoms in total. The Hall–Kier alpha value is -0.840. The maximum atomic E-state index is 12.4. The van der Waals surface area contributed by atoms with Crippen molar-refractivity contribution in [3.63, 3.8) is 0 Å². The van der Waals surface area contributed by atoms with Gasteiger partial charge in [-0.2, -0.15) is 4.39 Å². The van der Waals surface area contributed by atoms with Crippen LogP contribution >= 0.6 is 15.9 Å². The lowest BCUT2D eigenvalue weighted by Gasteiger charge is -2.01. The minimum atomic E-state index is -1.45. The van der Waals surface area contributed by atoms with E-state index in [1.54, 1.807) is 0 Å². The van der Waals surface area contributed by atoms with E-state index in [4.69, 9.17) is 10.2 Å². The second kappa shape index (κ2) is 2.65. The van der Waals surface area contributed by atoms with Crippen molar-refractivity contribution in [1.82, 2.24) is 0 Å². The van der Waals surface area contributed by atoms with Crippen molar-refractivity contribution in [3.05, 3.63) is 22.2 Å². The summed E-state index contributed by atoms with van der Waals surface area (Å²) >= 11 is 2.71. The van der Waals surface area contributed by atoms with Crippen LogP contribution < -0.4 is 0 Å². The Morgan fingerprint density at radius 3 is 2.27 bits per heavy atom. The molecule has 0 aliphatic carbocycles. The molecule has 2 N–H and O–H groups in total. The van der Waals surface area contributed by atoms with E-state index >= 15 is 0 Å². The van der Waals surface area contributed by atoms with Crippen LogP contribution in [0.5, 0.6) is 11.5 Å². The molecule has 0 radical (unpaired) electrons. The zero-order valence-electron chi connectivity index (χ0n) is 5.11. The molecule has 0 aliphatic heterocycles. The second-order valence-electron chi connectivity index (χ2n) is 1.85. The summed E-state index contributed by atoms with van der Waals surface area (Å²) in [7, 11) is 0. The van der Waals surface area contributed by atoms with Gasteiger partial charge in [-0.1, -0.05) is 0 Å². The number of benzene rings is 1. The minimum absolute atomic E-state index is 0.0890. The van der Waals surface area contributed by atoms with Gasteiger partial charge in [0.05, 0.1) is 4.47 Å². The van der Waals surface area contributed by atoms with Crippen molar-refractivity contribution in [2.24, 2.45) is 0 Å². The lowest BCUT2D eigenvalue weighted by Crippen LogP contribution is -1.85. The molecule has 0 aromatic heterocycles. The molecule has 5 heteroatoms. The topological polar surface area (TPSA) is 40.5 Å². The van der Waals surface area contributed by atoms with Gasteiger partial charge in [-0.15, -0.1) is 0 Å². The van der Waals surface area contributed by atoms with Crippen molar-refractivity contribution < 1.29 is 19.0 Å². The van der Waals surface area contributed by atoms with E-state index in [1.165, 1.54) is 0 Å². The Bertz CT molecular complexity index is 275. The predicted octanol–water partition coefficient (Wildman–Crippen LogP) is 2.14. The van der Waals surface area contributed by atoms with Crippen LogP contribution in [0.1, 0.15) is 0 Å². The molecule has 60 valence electrons. The van der Waals surface area contributed by atoms with Crippen LogP contribution in [0, 0.1) is 11.6 Å². The first-order valence-corrected chi connectivity index (χ1v) is 3.38. The Kier molecular flexibility index (Phi) is 1.99. The van der Waals surface area contributed by atoms with E-state index in [2.05, 4.69) is 15.9 Å². The Morgan fingerprint density at radius 2 is 1.73 bits per heavy atom. The summed E-state index contributed by atoms with van der Waals surface area (Å²) < 4.78 is 24.6. The van der Waals surface area contributed by atoms with E-state index in [0.717, 1.165) is 6.07 Å². The molecule has 1 aromatic rings. The van der Waals surface area contributed by atoms with Crippen LogP contribution in [0.2, 0.25) is 0 Å². The van der Waals surface area contributed by atoms with E-state index < -0.39 is 23.1 Å². The zero-order chi connectivity index (χ0) is 8.59. The summed E-state index contributed by atoms with van der Waals surface area (Å²) in [5.41, 5.74) is 0. The van der Waals surface area contributed by atoms with Gasteiger partial charge in [0.15, 0.2) is 17.3 Å². The average molecular weight is 225 g/mol. The van der Waals surface area contributed by atoms with Gasteiger partial charge >= 0.3 is 0 Å². The number of phenols is 2. The van der Waals surface area contributed by atoms with Crippen LogP contribution in [0.3, 0.4) is 0 Å². The summed E-state index contributed by atoms with van der Waals surface area (Å²) in [5.74, 6) is -4.46. The molecule has 0 saturated heterocycles. The molecule has 0 unspecified atom stereocenters. The highest BCUT2D eigenvalue weighted by Crippen LogP contribution is 2.36. The van der Waals surface area contributed by atoms with Gasteiger partial charge < -0.3 is 10.2 Å². The second-order valence-corrected chi connectivity index (χ2v) is 2.71. The first-order chi connectivity index (χ1) is 5.04. The van der Waals surface area contributed by atoms with Gasteiger partial charge in [-0.25, -0.2) is 4.39 Å². The van der Waals surface area contributed by atoms with Crippen molar-refractivity contribution >= 4 is 15.9 Å². The number of halogens is 3. The minimum Gasteiger partial charge on any atom is -0.503 e. The van der Waals surface area contributed by atoms with E-state index in [-0.39, 0.29) is 4.47 Å². The van der Waals surface area contributed by atoms with Crippen LogP contribution in [-0.4, -0.2) is 10.2 Å². The monoisotopic (exact) mass is 224 g/mol. The first-order valence-electron chi connectivity index (χ1n) is 2.59. The average Bonchev–Trinajstić information content (AvgIpc) is 1.97. The lowest BCUT2D eigenvalue weighted by molar-refractivity contribution is 0.362. The maximum Gasteiger partial charge on any atom is 0.204 e. The Labute approximate surface area is 69.2 Å². The highest BCUT2D eigenvalue weighted by atomic mass is 79.9. The normalized spacial score (nSPS) is 10.1. The fraction of sp³-hybridized carbons (Fsp3) is 0. The van der Waals surface area contributed by atoms with E-state index in [0.29, 0.717) is 0 Å². The third-order valence-corrected chi connectivity index (χ3v) is 1.73. The van der Waals surface area contributed by atoms with Crippen LogP contribution in [0.25, 0.3) is 0 Å². The Morgan fingerprint density at radius 1 is 1.18 bits per heavy atom. The molecular formula is C6H3BrF2O2. The summed E-state index contributed by atoms with van der Waals surface area (Å²) in [6.45, 7) is 0. The summed E-state index contributed by atoms with van der Waals surface area (Å²) in [6.07, 6.45) is 0. The van der Waals surface area contributed by atoms with Crippen molar-refractivity contribution in [3.8, 4) is 11.5 Å². The summed E-state index contributed by atoms with van der Waals surface area (Å²) in [6, 6.07) is 0.727. The van der Waals surface area contributed by atoms with Crippen LogP contribution in [0.4, 0.5) is 8.78 Å². The van der Waals surface area contributed by atoms with Crippen molar-refractivity contribution in [2.75, 3.05) is 0 Å². The van der Waals surface area contributed by atoms with Crippen molar-refractivity contribution in [2.45, 2.75) is 0 Å². The third kappa shape index (κ3) is 1.28. The zero-order valence-corrected chi connectivity index (χ0v) is 6.69. The first kappa shape index (κ1) is 8.26. The predicted molar refractivity (Wildman–Crippen MR) is 37.4 cm³/mol.